The first-order valence-corrected chi connectivity index (χ1v) is 10.9. The fourth-order valence-electron chi connectivity index (χ4n) is 3.77. The number of pyridine rings is 1. The minimum atomic E-state index is 0.194. The van der Waals surface area contributed by atoms with Gasteiger partial charge >= 0.3 is 0 Å². The van der Waals surface area contributed by atoms with Crippen LogP contribution in [-0.4, -0.2) is 24.9 Å². The number of para-hydroxylation sites is 1. The maximum Gasteiger partial charge on any atom is 0.181 e. The van der Waals surface area contributed by atoms with E-state index in [0.717, 1.165) is 39.1 Å². The standard InChI is InChI=1S/C24H21N5S/c1-3-19(30-24-22-23(26-13-25-22)27-14-28-24)18-12-17-11-7-8-15(2)20(17)29-21(18)16-9-5-4-6-10-16/h4-14,19H,3H2,1-2H3,(H,25,26,27,28). The van der Waals surface area contributed by atoms with Crippen LogP contribution in [0.15, 0.2) is 72.3 Å². The van der Waals surface area contributed by atoms with E-state index in [2.05, 4.69) is 82.3 Å². The second-order valence-corrected chi connectivity index (χ2v) is 8.43. The van der Waals surface area contributed by atoms with E-state index in [0.29, 0.717) is 5.65 Å². The van der Waals surface area contributed by atoms with Gasteiger partial charge < -0.3 is 4.98 Å². The van der Waals surface area contributed by atoms with Crippen molar-refractivity contribution < 1.29 is 0 Å². The Morgan fingerprint density at radius 3 is 2.70 bits per heavy atom. The van der Waals surface area contributed by atoms with Crippen molar-refractivity contribution in [3.05, 3.63) is 78.4 Å². The van der Waals surface area contributed by atoms with Crippen LogP contribution in [0.4, 0.5) is 0 Å². The molecule has 6 heteroatoms. The number of benzene rings is 2. The molecule has 0 aliphatic rings. The molecule has 0 fully saturated rings. The van der Waals surface area contributed by atoms with Crippen molar-refractivity contribution >= 4 is 33.8 Å². The van der Waals surface area contributed by atoms with Crippen LogP contribution in [-0.2, 0) is 0 Å². The SMILES string of the molecule is CCC(Sc1ncnc2nc[nH]c12)c1cc2cccc(C)c2nc1-c1ccccc1. The highest BCUT2D eigenvalue weighted by atomic mass is 32.2. The van der Waals surface area contributed by atoms with Crippen molar-refractivity contribution in [1.82, 2.24) is 24.9 Å². The molecular weight excluding hydrogens is 390 g/mol. The molecular formula is C24H21N5S. The number of hydrogen-bond acceptors (Lipinski definition) is 5. The van der Waals surface area contributed by atoms with Crippen molar-refractivity contribution in [2.75, 3.05) is 0 Å². The van der Waals surface area contributed by atoms with E-state index in [1.54, 1.807) is 24.4 Å². The molecule has 0 radical (unpaired) electrons. The van der Waals surface area contributed by atoms with Gasteiger partial charge in [0.1, 0.15) is 16.9 Å². The van der Waals surface area contributed by atoms with Gasteiger partial charge in [-0.05, 0) is 30.5 Å². The fraction of sp³-hybridized carbons (Fsp3) is 0.167. The van der Waals surface area contributed by atoms with Crippen LogP contribution in [0.1, 0.15) is 29.7 Å². The van der Waals surface area contributed by atoms with Gasteiger partial charge in [0, 0.05) is 16.2 Å². The molecule has 3 aromatic heterocycles. The van der Waals surface area contributed by atoms with Gasteiger partial charge in [0.2, 0.25) is 0 Å². The van der Waals surface area contributed by atoms with Crippen LogP contribution >= 0.6 is 11.8 Å². The van der Waals surface area contributed by atoms with E-state index in [1.165, 1.54) is 11.1 Å². The number of H-pyrrole nitrogens is 1. The Labute approximate surface area is 179 Å². The minimum absolute atomic E-state index is 0.194. The Bertz CT molecular complexity index is 1330. The van der Waals surface area contributed by atoms with Gasteiger partial charge in [0.15, 0.2) is 5.65 Å². The predicted molar refractivity (Wildman–Crippen MR) is 122 cm³/mol. The van der Waals surface area contributed by atoms with Gasteiger partial charge in [-0.15, -0.1) is 0 Å². The van der Waals surface area contributed by atoms with Gasteiger partial charge in [0.05, 0.1) is 17.5 Å². The lowest BCUT2D eigenvalue weighted by Gasteiger charge is -2.19. The lowest BCUT2D eigenvalue weighted by atomic mass is 9.98. The normalized spacial score (nSPS) is 12.5. The molecule has 0 aliphatic heterocycles. The van der Waals surface area contributed by atoms with Gasteiger partial charge in [0.25, 0.3) is 0 Å². The molecule has 0 aliphatic carbocycles. The third kappa shape index (κ3) is 3.33. The summed E-state index contributed by atoms with van der Waals surface area (Å²) >= 11 is 1.74. The Kier molecular flexibility index (Phi) is 4.93. The van der Waals surface area contributed by atoms with Gasteiger partial charge in [-0.2, -0.15) is 0 Å². The van der Waals surface area contributed by atoms with Crippen molar-refractivity contribution in [3.63, 3.8) is 0 Å². The third-order valence-electron chi connectivity index (χ3n) is 5.28. The summed E-state index contributed by atoms with van der Waals surface area (Å²) in [5.41, 5.74) is 7.20. The minimum Gasteiger partial charge on any atom is -0.341 e. The number of nitrogens with one attached hydrogen (secondary N) is 1. The van der Waals surface area contributed by atoms with Crippen LogP contribution in [0.25, 0.3) is 33.3 Å². The summed E-state index contributed by atoms with van der Waals surface area (Å²) < 4.78 is 0. The van der Waals surface area contributed by atoms with Crippen LogP contribution in [0.5, 0.6) is 0 Å². The summed E-state index contributed by atoms with van der Waals surface area (Å²) in [7, 11) is 0. The maximum absolute atomic E-state index is 5.14. The Morgan fingerprint density at radius 1 is 1.00 bits per heavy atom. The first-order chi connectivity index (χ1) is 14.7. The van der Waals surface area contributed by atoms with E-state index in [9.17, 15) is 0 Å². The Morgan fingerprint density at radius 2 is 1.87 bits per heavy atom. The molecule has 148 valence electrons. The van der Waals surface area contributed by atoms with Crippen LogP contribution < -0.4 is 0 Å². The molecule has 0 saturated carbocycles. The summed E-state index contributed by atoms with van der Waals surface area (Å²) in [5, 5.41) is 2.27. The summed E-state index contributed by atoms with van der Waals surface area (Å²) in [6.07, 6.45) is 4.20. The number of fused-ring (bicyclic) bond motifs is 2. The molecule has 5 aromatic rings. The number of imidazole rings is 1. The molecule has 0 saturated heterocycles. The fourth-order valence-corrected chi connectivity index (χ4v) is 4.89. The zero-order valence-electron chi connectivity index (χ0n) is 16.8. The van der Waals surface area contributed by atoms with Gasteiger partial charge in [-0.3, -0.25) is 0 Å². The highest BCUT2D eigenvalue weighted by Crippen LogP contribution is 2.43. The first kappa shape index (κ1) is 18.8. The Hall–Kier alpha value is -3.25. The number of aryl methyl sites for hydroxylation is 1. The smallest absolute Gasteiger partial charge is 0.181 e. The van der Waals surface area contributed by atoms with E-state index >= 15 is 0 Å². The molecule has 1 atom stereocenters. The number of nitrogens with zero attached hydrogens (tertiary/aromatic N) is 4. The third-order valence-corrected chi connectivity index (χ3v) is 6.69. The predicted octanol–water partition coefficient (Wildman–Crippen LogP) is 6.12. The quantitative estimate of drug-likeness (QED) is 0.279. The zero-order valence-corrected chi connectivity index (χ0v) is 17.6. The Balaban J connectivity index is 1.68. The number of thioether (sulfide) groups is 1. The molecule has 2 aromatic carbocycles. The molecule has 1 N–H and O–H groups in total. The first-order valence-electron chi connectivity index (χ1n) is 10.0. The number of aromatic nitrogens is 5. The van der Waals surface area contributed by atoms with Crippen LogP contribution in [0.2, 0.25) is 0 Å². The number of aromatic amines is 1. The summed E-state index contributed by atoms with van der Waals surface area (Å²) in [6, 6.07) is 19.1. The largest absolute Gasteiger partial charge is 0.341 e. The van der Waals surface area contributed by atoms with E-state index < -0.39 is 0 Å². The lowest BCUT2D eigenvalue weighted by molar-refractivity contribution is 0.888. The monoisotopic (exact) mass is 411 g/mol. The molecule has 1 unspecified atom stereocenters. The molecule has 0 spiro atoms. The highest BCUT2D eigenvalue weighted by molar-refractivity contribution is 7.99. The lowest BCUT2D eigenvalue weighted by Crippen LogP contribution is -2.01. The van der Waals surface area contributed by atoms with E-state index in [4.69, 9.17) is 4.98 Å². The molecule has 0 amide bonds. The van der Waals surface area contributed by atoms with Gasteiger partial charge in [-0.1, -0.05) is 67.2 Å². The molecule has 3 heterocycles. The van der Waals surface area contributed by atoms with E-state index in [1.807, 2.05) is 6.07 Å². The second-order valence-electron chi connectivity index (χ2n) is 7.23. The average Bonchev–Trinajstić information content (AvgIpc) is 3.27. The van der Waals surface area contributed by atoms with Crippen LogP contribution in [0.3, 0.4) is 0 Å². The zero-order chi connectivity index (χ0) is 20.5. The van der Waals surface area contributed by atoms with E-state index in [-0.39, 0.29) is 5.25 Å². The summed E-state index contributed by atoms with van der Waals surface area (Å²) in [4.78, 5) is 21.4. The second kappa shape index (κ2) is 7.88. The topological polar surface area (TPSA) is 67.3 Å². The molecule has 30 heavy (non-hydrogen) atoms. The number of hydrogen-bond donors (Lipinski definition) is 1. The average molecular weight is 412 g/mol. The molecule has 0 bridgehead atoms. The van der Waals surface area contributed by atoms with Crippen molar-refractivity contribution in [2.24, 2.45) is 0 Å². The molecule has 5 rings (SSSR count). The number of rotatable bonds is 5. The molecule has 5 nitrogen and oxygen atoms in total. The highest BCUT2D eigenvalue weighted by Gasteiger charge is 2.21. The van der Waals surface area contributed by atoms with Crippen LogP contribution in [0, 0.1) is 6.92 Å². The summed E-state index contributed by atoms with van der Waals surface area (Å²) in [5.74, 6) is 0. The van der Waals surface area contributed by atoms with Crippen molar-refractivity contribution in [1.29, 1.82) is 0 Å². The van der Waals surface area contributed by atoms with Crippen molar-refractivity contribution in [2.45, 2.75) is 30.5 Å². The van der Waals surface area contributed by atoms with Gasteiger partial charge in [-0.25, -0.2) is 19.9 Å². The maximum atomic E-state index is 5.14. The summed E-state index contributed by atoms with van der Waals surface area (Å²) in [6.45, 7) is 4.32. The van der Waals surface area contributed by atoms with Crippen molar-refractivity contribution in [3.8, 4) is 11.3 Å².